The second-order valence-corrected chi connectivity index (χ2v) is 7.70. The van der Waals surface area contributed by atoms with Gasteiger partial charge >= 0.3 is 0 Å². The number of fused-ring (bicyclic) bond motifs is 1. The first kappa shape index (κ1) is 17.2. The molecule has 2 aliphatic rings. The number of hydrogen-bond acceptors (Lipinski definition) is 7. The number of aryl methyl sites for hydroxylation is 2. The maximum atomic E-state index is 4.88. The molecular weight excluding hydrogens is 352 g/mol. The summed E-state index contributed by atoms with van der Waals surface area (Å²) >= 11 is 0. The van der Waals surface area contributed by atoms with Gasteiger partial charge in [-0.3, -0.25) is 0 Å². The Hall–Kier alpha value is -2.90. The first-order valence-corrected chi connectivity index (χ1v) is 10.1. The van der Waals surface area contributed by atoms with E-state index < -0.39 is 0 Å². The Labute approximate surface area is 164 Å². The normalized spacial score (nSPS) is 17.7. The summed E-state index contributed by atoms with van der Waals surface area (Å²) in [6.45, 7) is 9.85. The molecule has 0 aliphatic carbocycles. The summed E-state index contributed by atoms with van der Waals surface area (Å²) in [7, 11) is 0. The third-order valence-electron chi connectivity index (χ3n) is 5.61. The number of piperazine rings is 1. The molecule has 8 nitrogen and oxygen atoms in total. The molecule has 2 fully saturated rings. The van der Waals surface area contributed by atoms with Gasteiger partial charge in [0.15, 0.2) is 5.82 Å². The third-order valence-corrected chi connectivity index (χ3v) is 5.61. The van der Waals surface area contributed by atoms with Crippen LogP contribution in [-0.4, -0.2) is 63.8 Å². The molecule has 28 heavy (non-hydrogen) atoms. The van der Waals surface area contributed by atoms with E-state index in [-0.39, 0.29) is 0 Å². The van der Waals surface area contributed by atoms with E-state index >= 15 is 0 Å². The van der Waals surface area contributed by atoms with Gasteiger partial charge in [0.25, 0.3) is 0 Å². The van der Waals surface area contributed by atoms with Gasteiger partial charge in [-0.1, -0.05) is 0 Å². The molecule has 2 saturated heterocycles. The zero-order valence-corrected chi connectivity index (χ0v) is 16.5. The van der Waals surface area contributed by atoms with Gasteiger partial charge in [-0.25, -0.2) is 14.5 Å². The number of aromatic nitrogens is 5. The van der Waals surface area contributed by atoms with Crippen molar-refractivity contribution in [1.82, 2.24) is 24.6 Å². The topological polar surface area (TPSA) is 65.7 Å². The van der Waals surface area contributed by atoms with Crippen LogP contribution in [0.15, 0.2) is 24.5 Å². The lowest BCUT2D eigenvalue weighted by atomic mass is 10.3. The minimum absolute atomic E-state index is 0.855. The second-order valence-electron chi connectivity index (χ2n) is 7.70. The van der Waals surface area contributed by atoms with Gasteiger partial charge in [0.2, 0.25) is 5.95 Å². The summed E-state index contributed by atoms with van der Waals surface area (Å²) in [6, 6.07) is 4.21. The average molecular weight is 378 g/mol. The van der Waals surface area contributed by atoms with Gasteiger partial charge in [-0.2, -0.15) is 10.1 Å². The van der Waals surface area contributed by atoms with E-state index in [9.17, 15) is 0 Å². The summed E-state index contributed by atoms with van der Waals surface area (Å²) in [5.74, 6) is 2.93. The molecule has 3 aromatic heterocycles. The maximum Gasteiger partial charge on any atom is 0.227 e. The van der Waals surface area contributed by atoms with Crippen LogP contribution in [0.4, 0.5) is 17.6 Å². The van der Waals surface area contributed by atoms with Gasteiger partial charge in [0.1, 0.15) is 11.3 Å². The molecule has 0 saturated carbocycles. The monoisotopic (exact) mass is 378 g/mol. The molecule has 0 N–H and O–H groups in total. The van der Waals surface area contributed by atoms with Crippen LogP contribution in [0.3, 0.4) is 0 Å². The van der Waals surface area contributed by atoms with Gasteiger partial charge in [-0.05, 0) is 32.8 Å². The Morgan fingerprint density at radius 1 is 0.786 bits per heavy atom. The van der Waals surface area contributed by atoms with Gasteiger partial charge in [0, 0.05) is 63.4 Å². The van der Waals surface area contributed by atoms with E-state index in [1.165, 1.54) is 12.8 Å². The van der Waals surface area contributed by atoms with Crippen molar-refractivity contribution in [3.8, 4) is 0 Å². The first-order chi connectivity index (χ1) is 13.7. The molecule has 0 unspecified atom stereocenters. The van der Waals surface area contributed by atoms with Crippen molar-refractivity contribution in [2.45, 2.75) is 26.7 Å². The molecule has 3 aromatic rings. The molecule has 0 amide bonds. The zero-order valence-electron chi connectivity index (χ0n) is 16.5. The molecule has 2 aliphatic heterocycles. The van der Waals surface area contributed by atoms with Gasteiger partial charge < -0.3 is 14.7 Å². The molecular formula is C20H26N8. The third kappa shape index (κ3) is 3.12. The fraction of sp³-hybridized carbons (Fsp3) is 0.500. The van der Waals surface area contributed by atoms with Crippen LogP contribution in [0.2, 0.25) is 0 Å². The van der Waals surface area contributed by atoms with Crippen LogP contribution in [0.25, 0.3) is 5.52 Å². The number of rotatable bonds is 3. The highest BCUT2D eigenvalue weighted by Gasteiger charge is 2.23. The van der Waals surface area contributed by atoms with E-state index in [0.717, 1.165) is 73.8 Å². The lowest BCUT2D eigenvalue weighted by Crippen LogP contribution is -2.47. The van der Waals surface area contributed by atoms with E-state index in [1.54, 1.807) is 0 Å². The van der Waals surface area contributed by atoms with Crippen molar-refractivity contribution in [3.63, 3.8) is 0 Å². The van der Waals surface area contributed by atoms with E-state index in [2.05, 4.69) is 43.8 Å². The first-order valence-electron chi connectivity index (χ1n) is 10.1. The lowest BCUT2D eigenvalue weighted by Gasteiger charge is -2.36. The molecule has 0 radical (unpaired) electrons. The number of nitrogens with zero attached hydrogens (tertiary/aromatic N) is 8. The molecule has 0 aromatic carbocycles. The van der Waals surface area contributed by atoms with Crippen LogP contribution in [0, 0.1) is 13.8 Å². The Morgan fingerprint density at radius 3 is 2.32 bits per heavy atom. The Bertz CT molecular complexity index is 983. The molecule has 0 bridgehead atoms. The van der Waals surface area contributed by atoms with Crippen molar-refractivity contribution in [1.29, 1.82) is 0 Å². The minimum atomic E-state index is 0.855. The van der Waals surface area contributed by atoms with Crippen LogP contribution in [0.5, 0.6) is 0 Å². The minimum Gasteiger partial charge on any atom is -0.356 e. The lowest BCUT2D eigenvalue weighted by molar-refractivity contribution is 0.633. The molecule has 146 valence electrons. The zero-order chi connectivity index (χ0) is 19.1. The smallest absolute Gasteiger partial charge is 0.227 e. The Morgan fingerprint density at radius 2 is 1.54 bits per heavy atom. The average Bonchev–Trinajstić information content (AvgIpc) is 3.36. The van der Waals surface area contributed by atoms with Crippen LogP contribution >= 0.6 is 0 Å². The highest BCUT2D eigenvalue weighted by Crippen LogP contribution is 2.24. The fourth-order valence-electron chi connectivity index (χ4n) is 4.18. The molecule has 0 spiro atoms. The second kappa shape index (κ2) is 6.92. The SMILES string of the molecule is Cc1cc(N2CCCC2)nc(N2CCN(c3nccn4nc(C)cc34)CC2)n1. The van der Waals surface area contributed by atoms with Crippen molar-refractivity contribution >= 4 is 23.1 Å². The largest absolute Gasteiger partial charge is 0.356 e. The molecule has 5 heterocycles. The van der Waals surface area contributed by atoms with Crippen molar-refractivity contribution in [3.05, 3.63) is 35.9 Å². The highest BCUT2D eigenvalue weighted by molar-refractivity contribution is 5.69. The summed E-state index contributed by atoms with van der Waals surface area (Å²) in [5.41, 5.74) is 3.11. The predicted molar refractivity (Wildman–Crippen MR) is 110 cm³/mol. The Balaban J connectivity index is 1.34. The quantitative estimate of drug-likeness (QED) is 0.691. The molecule has 0 atom stereocenters. The van der Waals surface area contributed by atoms with Crippen LogP contribution < -0.4 is 14.7 Å². The summed E-state index contributed by atoms with van der Waals surface area (Å²) in [6.07, 6.45) is 6.24. The van der Waals surface area contributed by atoms with Crippen LogP contribution in [-0.2, 0) is 0 Å². The van der Waals surface area contributed by atoms with Gasteiger partial charge in [-0.15, -0.1) is 0 Å². The summed E-state index contributed by atoms with van der Waals surface area (Å²) in [5, 5.41) is 4.50. The number of anilines is 3. The standard InChI is InChI=1S/C20H26N8/c1-15-14-18(25-6-3-4-7-25)23-20(22-15)27-11-9-26(10-12-27)19-17-13-16(2)24-28(17)8-5-21-19/h5,8,13-14H,3-4,6-7,9-12H2,1-2H3. The van der Waals surface area contributed by atoms with Crippen molar-refractivity contribution < 1.29 is 0 Å². The summed E-state index contributed by atoms with van der Waals surface area (Å²) in [4.78, 5) is 21.2. The summed E-state index contributed by atoms with van der Waals surface area (Å²) < 4.78 is 1.91. The van der Waals surface area contributed by atoms with Crippen LogP contribution in [0.1, 0.15) is 24.2 Å². The molecule has 5 rings (SSSR count). The van der Waals surface area contributed by atoms with Gasteiger partial charge in [0.05, 0.1) is 5.69 Å². The van der Waals surface area contributed by atoms with E-state index in [0.29, 0.717) is 0 Å². The van der Waals surface area contributed by atoms with Crippen molar-refractivity contribution in [2.75, 3.05) is 54.0 Å². The maximum absolute atomic E-state index is 4.88. The van der Waals surface area contributed by atoms with E-state index in [4.69, 9.17) is 9.97 Å². The predicted octanol–water partition coefficient (Wildman–Crippen LogP) is 2.06. The van der Waals surface area contributed by atoms with Crippen molar-refractivity contribution in [2.24, 2.45) is 0 Å². The molecule has 8 heteroatoms. The number of hydrogen-bond donors (Lipinski definition) is 0. The Kier molecular flexibility index (Phi) is 4.26. The fourth-order valence-corrected chi connectivity index (χ4v) is 4.18. The van der Waals surface area contributed by atoms with E-state index in [1.807, 2.05) is 23.8 Å². The highest BCUT2D eigenvalue weighted by atomic mass is 15.4.